The van der Waals surface area contributed by atoms with Crippen LogP contribution in [0.3, 0.4) is 0 Å². The van der Waals surface area contributed by atoms with Gasteiger partial charge in [0.05, 0.1) is 18.7 Å². The zero-order valence-electron chi connectivity index (χ0n) is 18.4. The number of anilines is 2. The number of amides is 2. The van der Waals surface area contributed by atoms with Crippen LogP contribution in [0.2, 0.25) is 0 Å². The van der Waals surface area contributed by atoms with E-state index in [9.17, 15) is 14.0 Å². The van der Waals surface area contributed by atoms with Gasteiger partial charge in [-0.15, -0.1) is 0 Å². The van der Waals surface area contributed by atoms with E-state index >= 15 is 0 Å². The van der Waals surface area contributed by atoms with Crippen LogP contribution in [0.4, 0.5) is 15.8 Å². The summed E-state index contributed by atoms with van der Waals surface area (Å²) in [6.45, 7) is 0.475. The molecule has 1 heterocycles. The van der Waals surface area contributed by atoms with Crippen molar-refractivity contribution in [2.24, 2.45) is 5.92 Å². The van der Waals surface area contributed by atoms with Crippen LogP contribution in [0.5, 0.6) is 11.5 Å². The van der Waals surface area contributed by atoms with Crippen molar-refractivity contribution in [1.82, 2.24) is 5.43 Å². The summed E-state index contributed by atoms with van der Waals surface area (Å²) in [4.78, 5) is 26.9. The second-order valence-electron chi connectivity index (χ2n) is 7.75. The number of nitrogens with zero attached hydrogens (tertiary/aromatic N) is 1. The van der Waals surface area contributed by atoms with Gasteiger partial charge in [0.15, 0.2) is 11.5 Å². The van der Waals surface area contributed by atoms with Gasteiger partial charge in [-0.1, -0.05) is 34.1 Å². The van der Waals surface area contributed by atoms with Crippen molar-refractivity contribution < 1.29 is 23.5 Å². The molecule has 0 aliphatic carbocycles. The predicted octanol–water partition coefficient (Wildman–Crippen LogP) is 4.67. The van der Waals surface area contributed by atoms with E-state index in [4.69, 9.17) is 9.47 Å². The molecule has 2 amide bonds. The molecule has 2 N–H and O–H groups in total. The van der Waals surface area contributed by atoms with Crippen LogP contribution in [-0.4, -0.2) is 25.5 Å². The van der Waals surface area contributed by atoms with E-state index in [2.05, 4.69) is 26.8 Å². The van der Waals surface area contributed by atoms with Crippen molar-refractivity contribution in [3.05, 3.63) is 82.6 Å². The Morgan fingerprint density at radius 1 is 1.12 bits per heavy atom. The van der Waals surface area contributed by atoms with Gasteiger partial charge in [0, 0.05) is 23.1 Å². The van der Waals surface area contributed by atoms with Gasteiger partial charge in [0.2, 0.25) is 11.8 Å². The summed E-state index contributed by atoms with van der Waals surface area (Å²) in [5, 5.41) is 0. The first-order chi connectivity index (χ1) is 16.4. The number of rotatable bonds is 8. The summed E-state index contributed by atoms with van der Waals surface area (Å²) in [6.07, 6.45) is 0.121. The van der Waals surface area contributed by atoms with Gasteiger partial charge in [0.1, 0.15) is 12.4 Å². The molecular formula is C25H23BrFN3O4. The molecule has 7 nitrogen and oxygen atoms in total. The molecule has 0 aromatic heterocycles. The Kier molecular flexibility index (Phi) is 7.32. The van der Waals surface area contributed by atoms with E-state index in [1.807, 2.05) is 24.3 Å². The topological polar surface area (TPSA) is 79.9 Å². The van der Waals surface area contributed by atoms with Gasteiger partial charge in [-0.05, 0) is 54.1 Å². The first-order valence-corrected chi connectivity index (χ1v) is 11.4. The second-order valence-corrected chi connectivity index (χ2v) is 8.66. The van der Waals surface area contributed by atoms with Crippen LogP contribution in [-0.2, 0) is 16.2 Å². The molecule has 176 valence electrons. The maximum absolute atomic E-state index is 13.2. The second kappa shape index (κ2) is 10.6. The molecule has 0 bridgehead atoms. The molecule has 0 spiro atoms. The minimum atomic E-state index is -0.502. The number of hydrogen-bond donors (Lipinski definition) is 2. The van der Waals surface area contributed by atoms with Crippen LogP contribution in [0.25, 0.3) is 0 Å². The summed E-state index contributed by atoms with van der Waals surface area (Å²) >= 11 is 3.38. The molecule has 9 heteroatoms. The number of carbonyl (C=O) groups excluding carboxylic acids is 2. The number of nitrogens with one attached hydrogen (secondary N) is 2. The summed E-state index contributed by atoms with van der Waals surface area (Å²) in [6, 6.07) is 18.6. The molecule has 1 aliphatic heterocycles. The minimum Gasteiger partial charge on any atom is -0.493 e. The number of halogens is 2. The molecule has 1 aliphatic rings. The highest BCUT2D eigenvalue weighted by Gasteiger charge is 2.35. The highest BCUT2D eigenvalue weighted by Crippen LogP contribution is 2.35. The zero-order valence-corrected chi connectivity index (χ0v) is 20.0. The number of benzene rings is 3. The highest BCUT2D eigenvalue weighted by atomic mass is 79.9. The van der Waals surface area contributed by atoms with Crippen molar-refractivity contribution in [3.8, 4) is 11.5 Å². The SMILES string of the molecule is COc1cccc(NNC(=O)[C@H]2CC(=O)N(c3ccc(Br)cc3)C2)c1OCc1ccc(F)cc1. The van der Waals surface area contributed by atoms with E-state index in [1.165, 1.54) is 19.2 Å². The molecule has 1 atom stereocenters. The maximum atomic E-state index is 13.2. The standard InChI is InChI=1S/C25H23BrFN3O4/c1-33-22-4-2-3-21(24(22)34-15-16-5-9-19(27)10-6-16)28-29-25(32)17-13-23(31)30(14-17)20-11-7-18(26)8-12-20/h2-12,17,28H,13-15H2,1H3,(H,29,32)/t17-/m0/s1. The van der Waals surface area contributed by atoms with Crippen molar-refractivity contribution in [1.29, 1.82) is 0 Å². The van der Waals surface area contributed by atoms with E-state index in [1.54, 1.807) is 35.2 Å². The highest BCUT2D eigenvalue weighted by molar-refractivity contribution is 9.10. The lowest BCUT2D eigenvalue weighted by molar-refractivity contribution is -0.125. The van der Waals surface area contributed by atoms with Crippen LogP contribution < -0.4 is 25.2 Å². The Balaban J connectivity index is 1.40. The van der Waals surface area contributed by atoms with Crippen molar-refractivity contribution >= 4 is 39.1 Å². The van der Waals surface area contributed by atoms with Gasteiger partial charge < -0.3 is 14.4 Å². The van der Waals surface area contributed by atoms with Gasteiger partial charge >= 0.3 is 0 Å². The molecule has 1 fully saturated rings. The van der Waals surface area contributed by atoms with Gasteiger partial charge in [-0.2, -0.15) is 0 Å². The fourth-order valence-corrected chi connectivity index (χ4v) is 3.91. The third-order valence-electron chi connectivity index (χ3n) is 5.45. The average molecular weight is 528 g/mol. The van der Waals surface area contributed by atoms with Crippen LogP contribution in [0.1, 0.15) is 12.0 Å². The van der Waals surface area contributed by atoms with Crippen LogP contribution in [0.15, 0.2) is 71.2 Å². The quantitative estimate of drug-likeness (QED) is 0.416. The van der Waals surface area contributed by atoms with E-state index in [-0.39, 0.29) is 30.7 Å². The fourth-order valence-electron chi connectivity index (χ4n) is 3.64. The number of hydrogen-bond acceptors (Lipinski definition) is 5. The number of carbonyl (C=O) groups is 2. The van der Waals surface area contributed by atoms with E-state index in [0.29, 0.717) is 23.7 Å². The summed E-state index contributed by atoms with van der Waals surface area (Å²) in [7, 11) is 1.52. The van der Waals surface area contributed by atoms with Gasteiger partial charge in [-0.3, -0.25) is 20.4 Å². The first-order valence-electron chi connectivity index (χ1n) is 10.6. The Bertz CT molecular complexity index is 1170. The summed E-state index contributed by atoms with van der Waals surface area (Å²) in [5.41, 5.74) is 7.58. The fraction of sp³-hybridized carbons (Fsp3) is 0.200. The van der Waals surface area contributed by atoms with E-state index in [0.717, 1.165) is 15.7 Å². The number of hydrazine groups is 1. The number of para-hydroxylation sites is 1. The third-order valence-corrected chi connectivity index (χ3v) is 5.98. The molecule has 4 rings (SSSR count). The third kappa shape index (κ3) is 5.48. The van der Waals surface area contributed by atoms with Crippen molar-refractivity contribution in [2.75, 3.05) is 24.0 Å². The normalized spacial score (nSPS) is 15.2. The molecule has 3 aromatic carbocycles. The minimum absolute atomic E-state index is 0.104. The number of ether oxygens (including phenoxy) is 2. The molecule has 0 saturated carbocycles. The molecule has 3 aromatic rings. The maximum Gasteiger partial charge on any atom is 0.243 e. The molecule has 34 heavy (non-hydrogen) atoms. The average Bonchev–Trinajstić information content (AvgIpc) is 3.24. The largest absolute Gasteiger partial charge is 0.493 e. The summed E-state index contributed by atoms with van der Waals surface area (Å²) < 4.78 is 25.4. The lowest BCUT2D eigenvalue weighted by Crippen LogP contribution is -2.36. The summed E-state index contributed by atoms with van der Waals surface area (Å²) in [5.74, 6) is -0.368. The Hall–Kier alpha value is -3.59. The lowest BCUT2D eigenvalue weighted by Gasteiger charge is -2.19. The smallest absolute Gasteiger partial charge is 0.243 e. The van der Waals surface area contributed by atoms with Crippen LogP contribution >= 0.6 is 15.9 Å². The van der Waals surface area contributed by atoms with E-state index < -0.39 is 5.92 Å². The Morgan fingerprint density at radius 3 is 2.56 bits per heavy atom. The molecule has 0 unspecified atom stereocenters. The van der Waals surface area contributed by atoms with Crippen molar-refractivity contribution in [3.63, 3.8) is 0 Å². The Labute approximate surface area is 205 Å². The molecular weight excluding hydrogens is 505 g/mol. The Morgan fingerprint density at radius 2 is 1.85 bits per heavy atom. The van der Waals surface area contributed by atoms with Crippen molar-refractivity contribution in [2.45, 2.75) is 13.0 Å². The predicted molar refractivity (Wildman–Crippen MR) is 130 cm³/mol. The number of methoxy groups -OCH3 is 1. The molecule has 1 saturated heterocycles. The lowest BCUT2D eigenvalue weighted by atomic mass is 10.1. The zero-order chi connectivity index (χ0) is 24.1. The van der Waals surface area contributed by atoms with Gasteiger partial charge in [-0.25, -0.2) is 4.39 Å². The molecule has 0 radical (unpaired) electrons. The monoisotopic (exact) mass is 527 g/mol. The van der Waals surface area contributed by atoms with Crippen LogP contribution in [0, 0.1) is 11.7 Å². The van der Waals surface area contributed by atoms with Gasteiger partial charge in [0.25, 0.3) is 0 Å². The first kappa shape index (κ1) is 23.6.